The molecule has 0 unspecified atom stereocenters. The van der Waals surface area contributed by atoms with E-state index in [1.807, 2.05) is 30.9 Å². The van der Waals surface area contributed by atoms with E-state index in [1.54, 1.807) is 6.07 Å². The van der Waals surface area contributed by atoms with Crippen molar-refractivity contribution in [1.29, 1.82) is 5.26 Å². The number of nitriles is 1. The Bertz CT molecular complexity index is 898. The summed E-state index contributed by atoms with van der Waals surface area (Å²) in [5, 5.41) is 9.03. The average molecular weight is 442 g/mol. The fourth-order valence-electron chi connectivity index (χ4n) is 3.32. The molecule has 2 atom stereocenters. The number of hydrogen-bond acceptors (Lipinski definition) is 5. The zero-order chi connectivity index (χ0) is 18.4. The highest BCUT2D eigenvalue weighted by atomic mass is 79.9. The van der Waals surface area contributed by atoms with Crippen molar-refractivity contribution in [3.63, 3.8) is 0 Å². The van der Waals surface area contributed by atoms with Crippen molar-refractivity contribution in [1.82, 2.24) is 0 Å². The van der Waals surface area contributed by atoms with Crippen molar-refractivity contribution in [2.75, 3.05) is 16.4 Å². The summed E-state index contributed by atoms with van der Waals surface area (Å²) >= 11 is 4.78. The molecule has 2 aliphatic rings. The van der Waals surface area contributed by atoms with E-state index < -0.39 is 15.7 Å². The number of sulfone groups is 1. The lowest BCUT2D eigenvalue weighted by Gasteiger charge is -2.28. The molecule has 2 heterocycles. The fraction of sp³-hybridized carbons (Fsp3) is 0.438. The van der Waals surface area contributed by atoms with Gasteiger partial charge in [0.1, 0.15) is 6.42 Å². The van der Waals surface area contributed by atoms with Crippen LogP contribution in [0.1, 0.15) is 17.5 Å². The predicted molar refractivity (Wildman–Crippen MR) is 103 cm³/mol. The summed E-state index contributed by atoms with van der Waals surface area (Å²) in [4.78, 5) is 17.8. The zero-order valence-corrected chi connectivity index (χ0v) is 16.9. The van der Waals surface area contributed by atoms with Crippen molar-refractivity contribution < 1.29 is 13.2 Å². The van der Waals surface area contributed by atoms with Gasteiger partial charge >= 0.3 is 0 Å². The number of carbonyl (C=O) groups is 1. The van der Waals surface area contributed by atoms with Gasteiger partial charge in [-0.25, -0.2) is 8.42 Å². The molecule has 1 aromatic rings. The van der Waals surface area contributed by atoms with E-state index in [0.717, 1.165) is 21.3 Å². The lowest BCUT2D eigenvalue weighted by molar-refractivity contribution is -0.116. The minimum Gasteiger partial charge on any atom is -0.315 e. The molecule has 0 radical (unpaired) electrons. The molecular weight excluding hydrogens is 426 g/mol. The maximum atomic E-state index is 12.1. The Kier molecular flexibility index (Phi) is 4.97. The van der Waals surface area contributed by atoms with Crippen LogP contribution < -0.4 is 4.90 Å². The van der Waals surface area contributed by atoms with Gasteiger partial charge in [0.15, 0.2) is 15.0 Å². The summed E-state index contributed by atoms with van der Waals surface area (Å²) in [6, 6.07) is 5.47. The topological polar surface area (TPSA) is 90.6 Å². The van der Waals surface area contributed by atoms with Crippen molar-refractivity contribution in [2.24, 2.45) is 4.99 Å². The Morgan fingerprint density at radius 2 is 2.04 bits per heavy atom. The van der Waals surface area contributed by atoms with Gasteiger partial charge in [-0.2, -0.15) is 10.3 Å². The normalized spacial score (nSPS) is 25.8. The largest absolute Gasteiger partial charge is 0.315 e. The maximum absolute atomic E-state index is 12.1. The monoisotopic (exact) mass is 441 g/mol. The summed E-state index contributed by atoms with van der Waals surface area (Å²) in [6.45, 7) is 3.90. The first-order valence-corrected chi connectivity index (χ1v) is 11.1. The van der Waals surface area contributed by atoms with Crippen LogP contribution >= 0.6 is 27.7 Å². The first-order chi connectivity index (χ1) is 11.7. The molecule has 0 saturated carbocycles. The number of thioether (sulfide) groups is 1. The lowest BCUT2D eigenvalue weighted by Crippen LogP contribution is -2.38. The van der Waals surface area contributed by atoms with Crippen molar-refractivity contribution in [3.8, 4) is 6.07 Å². The van der Waals surface area contributed by atoms with Crippen LogP contribution in [0.25, 0.3) is 0 Å². The van der Waals surface area contributed by atoms with Gasteiger partial charge in [0.25, 0.3) is 5.91 Å². The number of aryl methyl sites for hydroxylation is 2. The van der Waals surface area contributed by atoms with Crippen molar-refractivity contribution in [3.05, 3.63) is 27.7 Å². The number of hydrogen-bond donors (Lipinski definition) is 0. The Morgan fingerprint density at radius 1 is 1.40 bits per heavy atom. The first kappa shape index (κ1) is 18.4. The number of fused-ring (bicyclic) bond motifs is 1. The molecule has 0 aliphatic carbocycles. The summed E-state index contributed by atoms with van der Waals surface area (Å²) in [7, 11) is -3.11. The van der Waals surface area contributed by atoms with Crippen LogP contribution in [-0.4, -0.2) is 42.3 Å². The number of rotatable bonds is 2. The van der Waals surface area contributed by atoms with E-state index in [0.29, 0.717) is 5.17 Å². The molecule has 2 aliphatic heterocycles. The summed E-state index contributed by atoms with van der Waals surface area (Å²) in [6.07, 6.45) is -0.288. The molecule has 2 fully saturated rings. The third-order valence-electron chi connectivity index (χ3n) is 4.21. The average Bonchev–Trinajstić information content (AvgIpc) is 2.91. The second-order valence-corrected chi connectivity index (χ2v) is 10.5. The minimum atomic E-state index is -3.11. The highest BCUT2D eigenvalue weighted by Gasteiger charge is 2.50. The van der Waals surface area contributed by atoms with Crippen LogP contribution in [0.5, 0.6) is 0 Å². The van der Waals surface area contributed by atoms with E-state index in [-0.39, 0.29) is 29.2 Å². The third kappa shape index (κ3) is 3.61. The number of carbonyl (C=O) groups excluding carboxylic acids is 1. The van der Waals surface area contributed by atoms with Crippen molar-refractivity contribution in [2.45, 2.75) is 31.6 Å². The molecule has 0 N–H and O–H groups in total. The van der Waals surface area contributed by atoms with E-state index >= 15 is 0 Å². The van der Waals surface area contributed by atoms with Gasteiger partial charge < -0.3 is 4.90 Å². The minimum absolute atomic E-state index is 0.0467. The molecular formula is C16H16BrN3O3S2. The van der Waals surface area contributed by atoms with Crippen LogP contribution in [0.2, 0.25) is 0 Å². The van der Waals surface area contributed by atoms with Crippen LogP contribution in [0, 0.1) is 25.2 Å². The number of aliphatic imine (C=N–C) groups is 1. The van der Waals surface area contributed by atoms with Gasteiger partial charge in [0.2, 0.25) is 0 Å². The second-order valence-electron chi connectivity index (χ2n) is 6.18. The molecule has 0 aromatic heterocycles. The number of benzene rings is 1. The molecule has 9 heteroatoms. The Hall–Kier alpha value is -1.37. The number of anilines is 1. The van der Waals surface area contributed by atoms with Crippen LogP contribution in [0.15, 0.2) is 21.6 Å². The number of amides is 1. The molecule has 2 saturated heterocycles. The van der Waals surface area contributed by atoms with Crippen LogP contribution in [0.4, 0.5) is 5.69 Å². The molecule has 1 amide bonds. The molecule has 25 heavy (non-hydrogen) atoms. The molecule has 132 valence electrons. The van der Waals surface area contributed by atoms with Gasteiger partial charge in [-0.1, -0.05) is 27.7 Å². The highest BCUT2D eigenvalue weighted by molar-refractivity contribution is 9.10. The summed E-state index contributed by atoms with van der Waals surface area (Å²) < 4.78 is 25.1. The quantitative estimate of drug-likeness (QED) is 0.700. The SMILES string of the molecule is Cc1cc(Br)cc(C)c1N1C(=NC(=O)CC#N)S[C@@H]2CS(=O)(=O)C[C@@H]21. The third-order valence-corrected chi connectivity index (χ3v) is 7.88. The van der Waals surface area contributed by atoms with Gasteiger partial charge in [-0.05, 0) is 37.1 Å². The number of amidine groups is 1. The van der Waals surface area contributed by atoms with Gasteiger partial charge in [0.05, 0.1) is 23.6 Å². The number of halogens is 1. The Morgan fingerprint density at radius 3 is 2.64 bits per heavy atom. The molecule has 0 spiro atoms. The Labute approximate surface area is 159 Å². The van der Waals surface area contributed by atoms with E-state index in [2.05, 4.69) is 20.9 Å². The van der Waals surface area contributed by atoms with Gasteiger partial charge in [-0.3, -0.25) is 4.79 Å². The van der Waals surface area contributed by atoms with E-state index in [1.165, 1.54) is 11.8 Å². The van der Waals surface area contributed by atoms with Crippen LogP contribution in [0.3, 0.4) is 0 Å². The van der Waals surface area contributed by atoms with Crippen molar-refractivity contribution >= 4 is 54.3 Å². The van der Waals surface area contributed by atoms with E-state index in [9.17, 15) is 13.2 Å². The van der Waals surface area contributed by atoms with Gasteiger partial charge in [-0.15, -0.1) is 0 Å². The number of nitrogens with zero attached hydrogens (tertiary/aromatic N) is 3. The fourth-order valence-corrected chi connectivity index (χ4v) is 7.93. The summed E-state index contributed by atoms with van der Waals surface area (Å²) in [5.41, 5.74) is 2.82. The maximum Gasteiger partial charge on any atom is 0.262 e. The Balaban J connectivity index is 2.11. The smallest absolute Gasteiger partial charge is 0.262 e. The molecule has 3 rings (SSSR count). The molecule has 0 bridgehead atoms. The molecule has 1 aromatic carbocycles. The predicted octanol–water partition coefficient (Wildman–Crippen LogP) is 2.58. The first-order valence-electron chi connectivity index (χ1n) is 7.63. The molecule has 6 nitrogen and oxygen atoms in total. The zero-order valence-electron chi connectivity index (χ0n) is 13.7. The van der Waals surface area contributed by atoms with Gasteiger partial charge in [0, 0.05) is 15.4 Å². The second kappa shape index (κ2) is 6.74. The van der Waals surface area contributed by atoms with E-state index in [4.69, 9.17) is 5.26 Å². The van der Waals surface area contributed by atoms with Crippen LogP contribution in [-0.2, 0) is 14.6 Å². The highest BCUT2D eigenvalue weighted by Crippen LogP contribution is 2.43. The summed E-state index contributed by atoms with van der Waals surface area (Å²) in [5.74, 6) is -0.380. The lowest BCUT2D eigenvalue weighted by atomic mass is 10.1. The standard InChI is InChI=1S/C16H16BrN3O3S2/c1-9-5-11(17)6-10(2)15(9)20-12-7-25(22,23)8-13(12)24-16(20)19-14(21)3-4-18/h5-6,12-13H,3,7-8H2,1-2H3/t12-,13+/m0/s1.